The molecule has 0 rings (SSSR count). The highest BCUT2D eigenvalue weighted by Crippen LogP contribution is 2.14. The van der Waals surface area contributed by atoms with Gasteiger partial charge < -0.3 is 15.3 Å². The zero-order valence-corrected chi connectivity index (χ0v) is 8.59. The molecule has 0 amide bonds. The Morgan fingerprint density at radius 3 is 2.15 bits per heavy atom. The third-order valence-corrected chi connectivity index (χ3v) is 1.37. The van der Waals surface area contributed by atoms with Gasteiger partial charge in [0.1, 0.15) is 17.4 Å². The summed E-state index contributed by atoms with van der Waals surface area (Å²) in [7, 11) is 0. The van der Waals surface area contributed by atoms with Crippen LogP contribution in [0.15, 0.2) is 0 Å². The predicted molar refractivity (Wildman–Crippen MR) is 49.1 cm³/mol. The van der Waals surface area contributed by atoms with Crippen LogP contribution in [0.2, 0.25) is 0 Å². The highest BCUT2D eigenvalue weighted by atomic mass is 16.6. The number of nitrogens with two attached hydrogens (primary N) is 1. The third kappa shape index (κ3) is 4.62. The number of hydrogen-bond donors (Lipinski definition) is 1. The molecule has 0 spiro atoms. The van der Waals surface area contributed by atoms with Crippen LogP contribution in [0.3, 0.4) is 0 Å². The number of aldehydes is 1. The molecule has 4 heteroatoms. The monoisotopic (exact) mass is 187 g/mol. The number of hydrogen-bond acceptors (Lipinski definition) is 4. The molecule has 0 fully saturated rings. The highest BCUT2D eigenvalue weighted by molar-refractivity contribution is 5.83. The third-order valence-electron chi connectivity index (χ3n) is 1.37. The summed E-state index contributed by atoms with van der Waals surface area (Å²) in [5, 5.41) is 0. The fraction of sp³-hybridized carbons (Fsp3) is 0.778. The standard InChI is InChI=1S/C9H17NO3/c1-8(2,3)13-7(12)9(4,10)5-6-11/h6H,5,10H2,1-4H3. The minimum atomic E-state index is -1.21. The van der Waals surface area contributed by atoms with Crippen LogP contribution in [0.5, 0.6) is 0 Å². The van der Waals surface area contributed by atoms with E-state index in [0.29, 0.717) is 6.29 Å². The van der Waals surface area contributed by atoms with Crippen LogP contribution in [0.25, 0.3) is 0 Å². The molecule has 0 aliphatic rings. The molecule has 0 aromatic carbocycles. The first-order valence-electron chi connectivity index (χ1n) is 4.15. The van der Waals surface area contributed by atoms with E-state index in [1.54, 1.807) is 20.8 Å². The minimum Gasteiger partial charge on any atom is -0.459 e. The second-order valence-electron chi connectivity index (χ2n) is 4.29. The summed E-state index contributed by atoms with van der Waals surface area (Å²) >= 11 is 0. The Morgan fingerprint density at radius 2 is 1.85 bits per heavy atom. The number of rotatable bonds is 3. The summed E-state index contributed by atoms with van der Waals surface area (Å²) < 4.78 is 5.03. The summed E-state index contributed by atoms with van der Waals surface area (Å²) in [6.07, 6.45) is 0.589. The quantitative estimate of drug-likeness (QED) is 0.520. The van der Waals surface area contributed by atoms with Crippen LogP contribution in [0, 0.1) is 0 Å². The molecule has 0 aliphatic carbocycles. The van der Waals surface area contributed by atoms with Crippen molar-refractivity contribution in [3.63, 3.8) is 0 Å². The average molecular weight is 187 g/mol. The summed E-state index contributed by atoms with van der Waals surface area (Å²) in [6, 6.07) is 0. The molecule has 0 aromatic heterocycles. The zero-order valence-electron chi connectivity index (χ0n) is 8.59. The van der Waals surface area contributed by atoms with Crippen LogP contribution in [0.1, 0.15) is 34.1 Å². The van der Waals surface area contributed by atoms with Gasteiger partial charge in [-0.15, -0.1) is 0 Å². The molecule has 0 aliphatic heterocycles. The number of ether oxygens (including phenoxy) is 1. The Morgan fingerprint density at radius 1 is 1.38 bits per heavy atom. The van der Waals surface area contributed by atoms with Gasteiger partial charge in [0.25, 0.3) is 0 Å². The Hall–Kier alpha value is -0.900. The topological polar surface area (TPSA) is 69.4 Å². The van der Waals surface area contributed by atoms with Crippen LogP contribution < -0.4 is 5.73 Å². The van der Waals surface area contributed by atoms with E-state index in [4.69, 9.17) is 10.5 Å². The first kappa shape index (κ1) is 12.1. The Bertz CT molecular complexity index is 203. The minimum absolute atomic E-state index is 0.0259. The van der Waals surface area contributed by atoms with Crippen molar-refractivity contribution < 1.29 is 14.3 Å². The summed E-state index contributed by atoms with van der Waals surface area (Å²) in [4.78, 5) is 21.6. The molecular formula is C9H17NO3. The van der Waals surface area contributed by atoms with Crippen molar-refractivity contribution in [2.24, 2.45) is 5.73 Å². The molecule has 0 radical (unpaired) electrons. The normalized spacial score (nSPS) is 16.1. The molecule has 4 nitrogen and oxygen atoms in total. The lowest BCUT2D eigenvalue weighted by Crippen LogP contribution is -2.48. The van der Waals surface area contributed by atoms with Crippen molar-refractivity contribution in [1.29, 1.82) is 0 Å². The lowest BCUT2D eigenvalue weighted by atomic mass is 10.0. The van der Waals surface area contributed by atoms with Crippen molar-refractivity contribution in [3.05, 3.63) is 0 Å². The van der Waals surface area contributed by atoms with Gasteiger partial charge >= 0.3 is 5.97 Å². The van der Waals surface area contributed by atoms with E-state index in [1.165, 1.54) is 6.92 Å². The summed E-state index contributed by atoms with van der Waals surface area (Å²) in [5.74, 6) is -0.549. The van der Waals surface area contributed by atoms with E-state index < -0.39 is 17.1 Å². The SMILES string of the molecule is CC(C)(C)OC(=O)C(C)(N)CC=O. The van der Waals surface area contributed by atoms with Gasteiger partial charge in [-0.1, -0.05) is 0 Å². The van der Waals surface area contributed by atoms with Crippen molar-refractivity contribution in [2.75, 3.05) is 0 Å². The Labute approximate surface area is 78.4 Å². The summed E-state index contributed by atoms with van der Waals surface area (Å²) in [5.41, 5.74) is 3.79. The van der Waals surface area contributed by atoms with Crippen LogP contribution in [-0.2, 0) is 14.3 Å². The second-order valence-corrected chi connectivity index (χ2v) is 4.29. The van der Waals surface area contributed by atoms with Gasteiger partial charge in [-0.25, -0.2) is 0 Å². The molecule has 0 heterocycles. The molecule has 76 valence electrons. The molecule has 0 aromatic rings. The van der Waals surface area contributed by atoms with Crippen LogP contribution >= 0.6 is 0 Å². The van der Waals surface area contributed by atoms with Gasteiger partial charge in [-0.05, 0) is 27.7 Å². The Kier molecular flexibility index (Phi) is 3.60. The number of carbonyl (C=O) groups excluding carboxylic acids is 2. The molecule has 0 saturated heterocycles. The van der Waals surface area contributed by atoms with E-state index in [9.17, 15) is 9.59 Å². The van der Waals surface area contributed by atoms with E-state index in [0.717, 1.165) is 0 Å². The van der Waals surface area contributed by atoms with E-state index in [2.05, 4.69) is 0 Å². The van der Waals surface area contributed by atoms with Crippen molar-refractivity contribution >= 4 is 12.3 Å². The van der Waals surface area contributed by atoms with Gasteiger partial charge in [-0.3, -0.25) is 4.79 Å². The number of carbonyl (C=O) groups is 2. The number of esters is 1. The molecule has 2 N–H and O–H groups in total. The maximum atomic E-state index is 11.4. The van der Waals surface area contributed by atoms with Crippen LogP contribution in [0.4, 0.5) is 0 Å². The molecule has 1 unspecified atom stereocenters. The fourth-order valence-corrected chi connectivity index (χ4v) is 0.651. The van der Waals surface area contributed by atoms with Gasteiger partial charge in [-0.2, -0.15) is 0 Å². The molecule has 0 bridgehead atoms. The Balaban J connectivity index is 4.33. The van der Waals surface area contributed by atoms with E-state index >= 15 is 0 Å². The lowest BCUT2D eigenvalue weighted by molar-refractivity contribution is -0.161. The van der Waals surface area contributed by atoms with Crippen molar-refractivity contribution in [2.45, 2.75) is 45.3 Å². The fourth-order valence-electron chi connectivity index (χ4n) is 0.651. The zero-order chi connectivity index (χ0) is 10.7. The van der Waals surface area contributed by atoms with E-state index in [-0.39, 0.29) is 6.42 Å². The van der Waals surface area contributed by atoms with Gasteiger partial charge in [0, 0.05) is 6.42 Å². The van der Waals surface area contributed by atoms with Gasteiger partial charge in [0.05, 0.1) is 0 Å². The van der Waals surface area contributed by atoms with Gasteiger partial charge in [0.2, 0.25) is 0 Å². The largest absolute Gasteiger partial charge is 0.459 e. The molecule has 13 heavy (non-hydrogen) atoms. The predicted octanol–water partition coefficient (Wildman–Crippen LogP) is 0.635. The van der Waals surface area contributed by atoms with Gasteiger partial charge in [0.15, 0.2) is 0 Å². The molecular weight excluding hydrogens is 170 g/mol. The average Bonchev–Trinajstić information content (AvgIpc) is 1.82. The van der Waals surface area contributed by atoms with E-state index in [1.807, 2.05) is 0 Å². The molecule has 0 saturated carbocycles. The highest BCUT2D eigenvalue weighted by Gasteiger charge is 2.32. The summed E-state index contributed by atoms with van der Waals surface area (Å²) in [6.45, 7) is 6.74. The smallest absolute Gasteiger partial charge is 0.326 e. The molecule has 1 atom stereocenters. The van der Waals surface area contributed by atoms with Crippen molar-refractivity contribution in [1.82, 2.24) is 0 Å². The first-order valence-corrected chi connectivity index (χ1v) is 4.15. The first-order chi connectivity index (χ1) is 5.69. The maximum absolute atomic E-state index is 11.4. The second kappa shape index (κ2) is 3.87. The lowest BCUT2D eigenvalue weighted by Gasteiger charge is -2.26. The maximum Gasteiger partial charge on any atom is 0.326 e. The van der Waals surface area contributed by atoms with Crippen LogP contribution in [-0.4, -0.2) is 23.4 Å². The van der Waals surface area contributed by atoms with Crippen molar-refractivity contribution in [3.8, 4) is 0 Å².